The highest BCUT2D eigenvalue weighted by Gasteiger charge is 2.06. The van der Waals surface area contributed by atoms with Gasteiger partial charge in [0.2, 0.25) is 0 Å². The molecule has 0 bridgehead atoms. The molecular formula is C14H17ClN2. The molecule has 0 radical (unpaired) electrons. The van der Waals surface area contributed by atoms with Crippen molar-refractivity contribution >= 4 is 23.4 Å². The van der Waals surface area contributed by atoms with Crippen molar-refractivity contribution in [3.63, 3.8) is 0 Å². The number of allylic oxidation sites excluding steroid dienone is 4. The summed E-state index contributed by atoms with van der Waals surface area (Å²) in [6.07, 6.45) is 5.77. The van der Waals surface area contributed by atoms with Crippen LogP contribution in [0.2, 0.25) is 5.15 Å². The van der Waals surface area contributed by atoms with Crippen molar-refractivity contribution in [3.8, 4) is 0 Å². The lowest BCUT2D eigenvalue weighted by atomic mass is 10.0. The van der Waals surface area contributed by atoms with Crippen molar-refractivity contribution in [2.45, 2.75) is 20.8 Å². The number of nitrogens with zero attached hydrogens (tertiary/aromatic N) is 2. The van der Waals surface area contributed by atoms with E-state index in [-0.39, 0.29) is 0 Å². The van der Waals surface area contributed by atoms with Gasteiger partial charge in [0.25, 0.3) is 0 Å². The van der Waals surface area contributed by atoms with Crippen LogP contribution in [0.3, 0.4) is 0 Å². The van der Waals surface area contributed by atoms with Crippen molar-refractivity contribution in [1.29, 1.82) is 0 Å². The summed E-state index contributed by atoms with van der Waals surface area (Å²) >= 11 is 5.98. The van der Waals surface area contributed by atoms with Crippen LogP contribution in [0.4, 0.5) is 0 Å². The molecule has 1 heterocycles. The first-order valence-electron chi connectivity index (χ1n) is 5.48. The lowest BCUT2D eigenvalue weighted by Crippen LogP contribution is -1.93. The van der Waals surface area contributed by atoms with Crippen LogP contribution in [0.15, 0.2) is 34.9 Å². The highest BCUT2D eigenvalue weighted by atomic mass is 35.5. The van der Waals surface area contributed by atoms with Crippen LogP contribution < -0.4 is 0 Å². The maximum absolute atomic E-state index is 5.98. The largest absolute Gasteiger partial charge is 0.297 e. The Bertz CT molecular complexity index is 465. The Morgan fingerprint density at radius 1 is 1.41 bits per heavy atom. The number of rotatable bonds is 3. The zero-order valence-electron chi connectivity index (χ0n) is 10.7. The Labute approximate surface area is 108 Å². The van der Waals surface area contributed by atoms with Crippen LogP contribution >= 0.6 is 11.6 Å². The summed E-state index contributed by atoms with van der Waals surface area (Å²) in [6, 6.07) is 3.88. The van der Waals surface area contributed by atoms with Crippen molar-refractivity contribution in [2.24, 2.45) is 4.99 Å². The van der Waals surface area contributed by atoms with Gasteiger partial charge in [-0.1, -0.05) is 17.7 Å². The molecule has 3 heteroatoms. The summed E-state index contributed by atoms with van der Waals surface area (Å²) < 4.78 is 0. The Kier molecular flexibility index (Phi) is 5.11. The maximum Gasteiger partial charge on any atom is 0.130 e. The number of halogens is 1. The normalized spacial score (nSPS) is 13.5. The van der Waals surface area contributed by atoms with E-state index in [1.807, 2.05) is 45.1 Å². The van der Waals surface area contributed by atoms with Crippen LogP contribution in [-0.2, 0) is 0 Å². The highest BCUT2D eigenvalue weighted by Crippen LogP contribution is 2.23. The smallest absolute Gasteiger partial charge is 0.130 e. The molecule has 0 aliphatic rings. The molecule has 0 unspecified atom stereocenters. The Hall–Kier alpha value is -1.41. The molecule has 1 rings (SSSR count). The van der Waals surface area contributed by atoms with E-state index in [2.05, 4.69) is 9.98 Å². The van der Waals surface area contributed by atoms with Gasteiger partial charge in [-0.15, -0.1) is 0 Å². The first-order valence-corrected chi connectivity index (χ1v) is 5.86. The van der Waals surface area contributed by atoms with E-state index in [1.165, 1.54) is 0 Å². The second kappa shape index (κ2) is 6.36. The molecule has 0 aliphatic heterocycles. The Morgan fingerprint density at radius 3 is 2.65 bits per heavy atom. The minimum Gasteiger partial charge on any atom is -0.297 e. The van der Waals surface area contributed by atoms with Gasteiger partial charge in [-0.3, -0.25) is 4.99 Å². The number of aromatic nitrogens is 1. The number of aryl methyl sites for hydroxylation is 1. The van der Waals surface area contributed by atoms with E-state index in [0.29, 0.717) is 5.15 Å². The van der Waals surface area contributed by atoms with Gasteiger partial charge in [-0.25, -0.2) is 4.98 Å². The summed E-state index contributed by atoms with van der Waals surface area (Å²) in [5, 5.41) is 0.524. The first kappa shape index (κ1) is 13.7. The SMILES string of the molecule is CC=C(C(C)=CC=NC)c1cc(C)cc(Cl)n1. The van der Waals surface area contributed by atoms with Crippen LogP contribution in [0.1, 0.15) is 25.1 Å². The molecule has 1 aromatic rings. The van der Waals surface area contributed by atoms with E-state index >= 15 is 0 Å². The van der Waals surface area contributed by atoms with Gasteiger partial charge in [-0.2, -0.15) is 0 Å². The van der Waals surface area contributed by atoms with E-state index in [1.54, 1.807) is 13.3 Å². The van der Waals surface area contributed by atoms with Crippen LogP contribution in [0.25, 0.3) is 5.57 Å². The molecule has 17 heavy (non-hydrogen) atoms. The van der Waals surface area contributed by atoms with Crippen molar-refractivity contribution in [2.75, 3.05) is 7.05 Å². The average molecular weight is 249 g/mol. The van der Waals surface area contributed by atoms with Crippen LogP contribution in [0, 0.1) is 6.92 Å². The molecule has 0 spiro atoms. The summed E-state index contributed by atoms with van der Waals surface area (Å²) in [4.78, 5) is 8.29. The average Bonchev–Trinajstić information content (AvgIpc) is 2.26. The standard InChI is InChI=1S/C14H17ClN2/c1-5-12(11(3)6-7-16-4)13-8-10(2)9-14(15)17-13/h5-9H,1-4H3. The fourth-order valence-electron chi connectivity index (χ4n) is 1.62. The number of aliphatic imine (C=N–C) groups is 1. The van der Waals surface area contributed by atoms with Gasteiger partial charge in [-0.05, 0) is 55.7 Å². The summed E-state index contributed by atoms with van der Waals surface area (Å²) in [7, 11) is 1.75. The Morgan fingerprint density at radius 2 is 2.12 bits per heavy atom. The van der Waals surface area contributed by atoms with Crippen molar-refractivity contribution < 1.29 is 0 Å². The molecule has 0 amide bonds. The van der Waals surface area contributed by atoms with E-state index in [4.69, 9.17) is 11.6 Å². The molecule has 0 fully saturated rings. The van der Waals surface area contributed by atoms with Crippen LogP contribution in [-0.4, -0.2) is 18.2 Å². The van der Waals surface area contributed by atoms with E-state index in [0.717, 1.165) is 22.4 Å². The molecule has 0 saturated carbocycles. The van der Waals surface area contributed by atoms with E-state index < -0.39 is 0 Å². The minimum absolute atomic E-state index is 0.524. The molecule has 0 atom stereocenters. The number of pyridine rings is 1. The molecule has 0 saturated heterocycles. The second-order valence-corrected chi connectivity index (χ2v) is 4.20. The molecule has 90 valence electrons. The van der Waals surface area contributed by atoms with Crippen LogP contribution in [0.5, 0.6) is 0 Å². The third-order valence-electron chi connectivity index (χ3n) is 2.40. The van der Waals surface area contributed by atoms with Gasteiger partial charge in [0.05, 0.1) is 5.69 Å². The summed E-state index contributed by atoms with van der Waals surface area (Å²) in [5.41, 5.74) is 4.20. The number of hydrogen-bond acceptors (Lipinski definition) is 2. The predicted octanol–water partition coefficient (Wildman–Crippen LogP) is 4.09. The second-order valence-electron chi connectivity index (χ2n) is 3.81. The Balaban J connectivity index is 3.19. The van der Waals surface area contributed by atoms with Gasteiger partial charge < -0.3 is 0 Å². The fraction of sp³-hybridized carbons (Fsp3) is 0.286. The van der Waals surface area contributed by atoms with Crippen molar-refractivity contribution in [3.05, 3.63) is 46.3 Å². The predicted molar refractivity (Wildman–Crippen MR) is 75.8 cm³/mol. The minimum atomic E-state index is 0.524. The fourth-order valence-corrected chi connectivity index (χ4v) is 1.88. The zero-order valence-corrected chi connectivity index (χ0v) is 11.4. The molecule has 0 aromatic carbocycles. The maximum atomic E-state index is 5.98. The van der Waals surface area contributed by atoms with Crippen molar-refractivity contribution in [1.82, 2.24) is 4.98 Å². The summed E-state index contributed by atoms with van der Waals surface area (Å²) in [5.74, 6) is 0. The molecule has 0 N–H and O–H groups in total. The molecule has 2 nitrogen and oxygen atoms in total. The lowest BCUT2D eigenvalue weighted by molar-refractivity contribution is 1.23. The monoisotopic (exact) mass is 248 g/mol. The van der Waals surface area contributed by atoms with Gasteiger partial charge in [0, 0.05) is 13.3 Å². The molecule has 1 aromatic heterocycles. The topological polar surface area (TPSA) is 25.2 Å². The lowest BCUT2D eigenvalue weighted by Gasteiger charge is -2.08. The quantitative estimate of drug-likeness (QED) is 0.449. The molecular weight excluding hydrogens is 232 g/mol. The van der Waals surface area contributed by atoms with Gasteiger partial charge in [0.15, 0.2) is 0 Å². The third-order valence-corrected chi connectivity index (χ3v) is 2.60. The first-order chi connectivity index (χ1) is 8.08. The summed E-state index contributed by atoms with van der Waals surface area (Å²) in [6.45, 7) is 6.04. The zero-order chi connectivity index (χ0) is 12.8. The highest BCUT2D eigenvalue weighted by molar-refractivity contribution is 6.29. The number of hydrogen-bond donors (Lipinski definition) is 0. The van der Waals surface area contributed by atoms with E-state index in [9.17, 15) is 0 Å². The van der Waals surface area contributed by atoms with Gasteiger partial charge in [0.1, 0.15) is 5.15 Å². The third kappa shape index (κ3) is 3.82. The van der Waals surface area contributed by atoms with Gasteiger partial charge >= 0.3 is 0 Å². The molecule has 0 aliphatic carbocycles.